The molecule has 2 aliphatic heterocycles. The summed E-state index contributed by atoms with van der Waals surface area (Å²) in [6.07, 6.45) is 2.29. The van der Waals surface area contributed by atoms with Gasteiger partial charge >= 0.3 is 0 Å². The van der Waals surface area contributed by atoms with E-state index in [4.69, 9.17) is 9.47 Å². The van der Waals surface area contributed by atoms with E-state index in [0.717, 1.165) is 12.8 Å². The van der Waals surface area contributed by atoms with Gasteiger partial charge in [-0.25, -0.2) is 0 Å². The van der Waals surface area contributed by atoms with Gasteiger partial charge in [0.05, 0.1) is 24.1 Å². The second-order valence-corrected chi connectivity index (χ2v) is 9.07. The van der Waals surface area contributed by atoms with Crippen LogP contribution in [0.15, 0.2) is 48.5 Å². The van der Waals surface area contributed by atoms with Gasteiger partial charge in [0.15, 0.2) is 0 Å². The van der Waals surface area contributed by atoms with Crippen molar-refractivity contribution in [2.24, 2.45) is 0 Å². The summed E-state index contributed by atoms with van der Waals surface area (Å²) < 4.78 is 12.2. The molecule has 3 atom stereocenters. The quantitative estimate of drug-likeness (QED) is 0.636. The molecule has 2 aliphatic rings. The third kappa shape index (κ3) is 6.19. The molecular formula is C27H33N3O5. The smallest absolute Gasteiger partial charge is 0.257 e. The summed E-state index contributed by atoms with van der Waals surface area (Å²) in [6.45, 7) is 2.64. The molecule has 2 aromatic rings. The fourth-order valence-corrected chi connectivity index (χ4v) is 4.62. The molecule has 1 fully saturated rings. The molecule has 0 aliphatic carbocycles. The fourth-order valence-electron chi connectivity index (χ4n) is 4.62. The van der Waals surface area contributed by atoms with Crippen molar-refractivity contribution in [1.82, 2.24) is 10.2 Å². The van der Waals surface area contributed by atoms with Gasteiger partial charge in [-0.15, -0.1) is 0 Å². The van der Waals surface area contributed by atoms with Crippen LogP contribution in [0.5, 0.6) is 5.75 Å². The minimum absolute atomic E-state index is 0.0347. The van der Waals surface area contributed by atoms with Crippen molar-refractivity contribution in [1.29, 1.82) is 0 Å². The molecule has 0 saturated carbocycles. The number of hydrogen-bond donors (Lipinski definition) is 2. The molecule has 2 heterocycles. The number of nitrogens with zero attached hydrogens (tertiary/aromatic N) is 1. The number of ether oxygens (including phenoxy) is 2. The second kappa shape index (κ2) is 11.4. The van der Waals surface area contributed by atoms with Gasteiger partial charge in [-0.1, -0.05) is 37.3 Å². The molecule has 3 amide bonds. The summed E-state index contributed by atoms with van der Waals surface area (Å²) in [5.41, 5.74) is 2.17. The van der Waals surface area contributed by atoms with Crippen molar-refractivity contribution in [3.05, 3.63) is 59.7 Å². The Morgan fingerprint density at radius 3 is 2.66 bits per heavy atom. The number of likely N-dealkylation sites (N-methyl/N-ethyl adjacent to an activating group) is 1. The average Bonchev–Trinajstić information content (AvgIpc) is 2.87. The zero-order valence-electron chi connectivity index (χ0n) is 20.3. The predicted octanol–water partition coefficient (Wildman–Crippen LogP) is 3.16. The van der Waals surface area contributed by atoms with Crippen LogP contribution in [-0.4, -0.2) is 61.1 Å². The van der Waals surface area contributed by atoms with Crippen LogP contribution in [0, 0.1) is 0 Å². The van der Waals surface area contributed by atoms with Gasteiger partial charge in [-0.2, -0.15) is 0 Å². The minimum atomic E-state index is -0.326. The lowest BCUT2D eigenvalue weighted by molar-refractivity contribution is -0.134. The van der Waals surface area contributed by atoms with Crippen molar-refractivity contribution in [2.75, 3.05) is 25.5 Å². The number of fused-ring (bicyclic) bond motifs is 2. The molecule has 0 unspecified atom stereocenters. The van der Waals surface area contributed by atoms with Crippen LogP contribution in [-0.2, 0) is 20.7 Å². The first-order valence-electron chi connectivity index (χ1n) is 12.2. The van der Waals surface area contributed by atoms with Gasteiger partial charge in [-0.3, -0.25) is 14.4 Å². The number of amides is 3. The van der Waals surface area contributed by atoms with Gasteiger partial charge in [-0.05, 0) is 43.0 Å². The van der Waals surface area contributed by atoms with E-state index in [1.807, 2.05) is 30.3 Å². The van der Waals surface area contributed by atoms with Crippen molar-refractivity contribution < 1.29 is 23.9 Å². The van der Waals surface area contributed by atoms with Crippen LogP contribution in [0.25, 0.3) is 0 Å². The Bertz CT molecular complexity index is 1060. The molecule has 0 aromatic heterocycles. The summed E-state index contributed by atoms with van der Waals surface area (Å²) in [4.78, 5) is 39.2. The molecule has 4 rings (SSSR count). The Morgan fingerprint density at radius 2 is 1.89 bits per heavy atom. The normalized spacial score (nSPS) is 21.6. The highest BCUT2D eigenvalue weighted by Gasteiger charge is 2.39. The summed E-state index contributed by atoms with van der Waals surface area (Å²) in [7, 11) is 1.77. The Hall–Kier alpha value is -3.39. The van der Waals surface area contributed by atoms with Gasteiger partial charge in [0.1, 0.15) is 18.5 Å². The summed E-state index contributed by atoms with van der Waals surface area (Å²) in [5, 5.41) is 5.77. The highest BCUT2D eigenvalue weighted by molar-refractivity contribution is 5.99. The van der Waals surface area contributed by atoms with Crippen LogP contribution in [0.1, 0.15) is 48.5 Å². The van der Waals surface area contributed by atoms with Gasteiger partial charge in [0, 0.05) is 25.7 Å². The minimum Gasteiger partial charge on any atom is -0.490 e. The number of anilines is 1. The highest BCUT2D eigenvalue weighted by Crippen LogP contribution is 2.32. The van der Waals surface area contributed by atoms with E-state index >= 15 is 0 Å². The van der Waals surface area contributed by atoms with Gasteiger partial charge in [0.25, 0.3) is 5.91 Å². The first-order valence-corrected chi connectivity index (χ1v) is 12.2. The van der Waals surface area contributed by atoms with E-state index in [1.54, 1.807) is 37.1 Å². The largest absolute Gasteiger partial charge is 0.490 e. The maximum absolute atomic E-state index is 13.3. The third-order valence-electron chi connectivity index (χ3n) is 6.61. The van der Waals surface area contributed by atoms with E-state index in [1.165, 1.54) is 5.56 Å². The van der Waals surface area contributed by atoms with Crippen LogP contribution >= 0.6 is 0 Å². The molecule has 186 valence electrons. The first kappa shape index (κ1) is 24.7. The lowest BCUT2D eigenvalue weighted by Crippen LogP contribution is -2.54. The van der Waals surface area contributed by atoms with Gasteiger partial charge in [0.2, 0.25) is 11.8 Å². The molecule has 0 bridgehead atoms. The Morgan fingerprint density at radius 1 is 1.09 bits per heavy atom. The SMILES string of the molecule is CCC(=O)Nc1ccc2c(c1)C(=O)N(C)[C@@H]1CC[C@@H](CC(=O)NCCc3ccccc3)O[C@H]1CO2. The molecule has 0 radical (unpaired) electrons. The monoisotopic (exact) mass is 479 g/mol. The molecule has 1 saturated heterocycles. The predicted molar refractivity (Wildman–Crippen MR) is 132 cm³/mol. The molecule has 0 spiro atoms. The molecule has 8 nitrogen and oxygen atoms in total. The fraction of sp³-hybridized carbons (Fsp3) is 0.444. The van der Waals surface area contributed by atoms with Crippen molar-refractivity contribution in [3.63, 3.8) is 0 Å². The summed E-state index contributed by atoms with van der Waals surface area (Å²) >= 11 is 0. The summed E-state index contributed by atoms with van der Waals surface area (Å²) in [5.74, 6) is 0.128. The highest BCUT2D eigenvalue weighted by atomic mass is 16.5. The molecule has 35 heavy (non-hydrogen) atoms. The first-order chi connectivity index (χ1) is 16.9. The Kier molecular flexibility index (Phi) is 8.02. The Labute approximate surface area is 206 Å². The summed E-state index contributed by atoms with van der Waals surface area (Å²) in [6, 6.07) is 15.0. The van der Waals surface area contributed by atoms with E-state index < -0.39 is 0 Å². The van der Waals surface area contributed by atoms with Crippen molar-refractivity contribution in [2.45, 2.75) is 57.3 Å². The van der Waals surface area contributed by atoms with Gasteiger partial charge < -0.3 is 25.0 Å². The number of hydrogen-bond acceptors (Lipinski definition) is 5. The number of carbonyl (C=O) groups is 3. The van der Waals surface area contributed by atoms with Crippen LogP contribution in [0.3, 0.4) is 0 Å². The maximum atomic E-state index is 13.3. The number of benzene rings is 2. The lowest BCUT2D eigenvalue weighted by atomic mass is 9.94. The van der Waals surface area contributed by atoms with E-state index in [0.29, 0.717) is 36.4 Å². The molecule has 2 aromatic carbocycles. The van der Waals surface area contributed by atoms with E-state index in [9.17, 15) is 14.4 Å². The van der Waals surface area contributed by atoms with Crippen molar-refractivity contribution in [3.8, 4) is 5.75 Å². The van der Waals surface area contributed by atoms with Crippen LogP contribution in [0.4, 0.5) is 5.69 Å². The topological polar surface area (TPSA) is 97.0 Å². The number of nitrogens with one attached hydrogen (secondary N) is 2. The third-order valence-corrected chi connectivity index (χ3v) is 6.61. The average molecular weight is 480 g/mol. The number of rotatable bonds is 7. The molecular weight excluding hydrogens is 446 g/mol. The Balaban J connectivity index is 1.35. The van der Waals surface area contributed by atoms with E-state index in [2.05, 4.69) is 10.6 Å². The molecule has 8 heteroatoms. The zero-order valence-corrected chi connectivity index (χ0v) is 20.3. The van der Waals surface area contributed by atoms with Crippen LogP contribution < -0.4 is 15.4 Å². The lowest BCUT2D eigenvalue weighted by Gasteiger charge is -2.42. The van der Waals surface area contributed by atoms with Crippen molar-refractivity contribution >= 4 is 23.4 Å². The van der Waals surface area contributed by atoms with Crippen LogP contribution in [0.2, 0.25) is 0 Å². The second-order valence-electron chi connectivity index (χ2n) is 9.07. The maximum Gasteiger partial charge on any atom is 0.257 e. The van der Waals surface area contributed by atoms with E-state index in [-0.39, 0.29) is 49.0 Å². The standard InChI is InChI=1S/C27H33N3O5/c1-3-25(31)29-19-9-12-23-21(15-19)27(33)30(2)22-11-10-20(35-24(22)17-34-23)16-26(32)28-14-13-18-7-5-4-6-8-18/h4-9,12,15,20,22,24H,3,10-11,13-14,16-17H2,1-2H3,(H,28,32)(H,29,31)/t20-,22+,24-/m0/s1. The number of carbonyl (C=O) groups excluding carboxylic acids is 3. The molecule has 2 N–H and O–H groups in total. The zero-order chi connectivity index (χ0) is 24.8.